The number of fused-ring (bicyclic) bond motifs is 7. The lowest BCUT2D eigenvalue weighted by molar-refractivity contribution is 0.668. The first kappa shape index (κ1) is 32.1. The summed E-state index contributed by atoms with van der Waals surface area (Å²) < 4.78 is 9.78. The molecule has 0 spiro atoms. The number of quaternary nitrogens is 1. The standard InChI is InChI=1S/C54H37N2O/c1-4-13-36(14-5-1)39-25-31-48-46(33-39)47-34-40(37-15-6-2-7-16-37)26-32-49(47)55(48)41-27-30-45-53(35-41)57-52-22-12-19-44(54(45)52)38-23-28-43(29-24-38)56(42-17-8-3-9-18-42)50-20-10-11-21-51(50)56/h1-6,8-15,17-35H,7,16H2/q+1. The Kier molecular flexibility index (Phi) is 6.98. The predicted molar refractivity (Wildman–Crippen MR) is 239 cm³/mol. The number of nitrogens with zero attached hydrogens (tertiary/aromatic N) is 2. The molecule has 0 N–H and O–H groups in total. The third kappa shape index (κ3) is 4.83. The number of furan rings is 1. The minimum atomic E-state index is 0.669. The lowest BCUT2D eigenvalue weighted by atomic mass is 9.95. The van der Waals surface area contributed by atoms with Crippen molar-refractivity contribution in [3.05, 3.63) is 206 Å². The van der Waals surface area contributed by atoms with E-state index in [1.807, 2.05) is 0 Å². The molecular weight excluding hydrogens is 693 g/mol. The zero-order valence-electron chi connectivity index (χ0n) is 31.3. The van der Waals surface area contributed by atoms with Crippen molar-refractivity contribution in [1.29, 1.82) is 0 Å². The first-order valence-electron chi connectivity index (χ1n) is 19.9. The monoisotopic (exact) mass is 729 g/mol. The Morgan fingerprint density at radius 3 is 1.88 bits per heavy atom. The molecule has 0 atom stereocenters. The maximum atomic E-state index is 6.71. The molecule has 2 aliphatic rings. The molecule has 1 aliphatic carbocycles. The van der Waals surface area contributed by atoms with Crippen LogP contribution in [0, 0.1) is 0 Å². The number of allylic oxidation sites excluding steroid dienone is 4. The van der Waals surface area contributed by atoms with Gasteiger partial charge in [0.05, 0.1) is 11.0 Å². The van der Waals surface area contributed by atoms with Crippen LogP contribution in [-0.2, 0) is 0 Å². The molecular formula is C54H37N2O+. The molecule has 2 aromatic heterocycles. The number of aromatic nitrogens is 1. The highest BCUT2D eigenvalue weighted by atomic mass is 16.3. The molecule has 3 heterocycles. The molecule has 0 fully saturated rings. The summed E-state index contributed by atoms with van der Waals surface area (Å²) in [6, 6.07) is 66.4. The van der Waals surface area contributed by atoms with Crippen LogP contribution in [0.3, 0.4) is 0 Å². The maximum Gasteiger partial charge on any atom is 0.211 e. The molecule has 0 saturated heterocycles. The number of hydrogen-bond donors (Lipinski definition) is 0. The fourth-order valence-electron chi connectivity index (χ4n) is 9.54. The highest BCUT2D eigenvalue weighted by Gasteiger charge is 2.56. The fourth-order valence-corrected chi connectivity index (χ4v) is 9.54. The molecule has 0 unspecified atom stereocenters. The fraction of sp³-hybridized carbons (Fsp3) is 0.0370. The van der Waals surface area contributed by atoms with E-state index in [-0.39, 0.29) is 0 Å². The van der Waals surface area contributed by atoms with Gasteiger partial charge in [-0.25, -0.2) is 0 Å². The Bertz CT molecular complexity index is 3250. The first-order valence-corrected chi connectivity index (χ1v) is 19.9. The van der Waals surface area contributed by atoms with Crippen LogP contribution in [0.1, 0.15) is 18.4 Å². The molecule has 12 rings (SSSR count). The van der Waals surface area contributed by atoms with Gasteiger partial charge in [0.25, 0.3) is 0 Å². The topological polar surface area (TPSA) is 18.1 Å². The van der Waals surface area contributed by atoms with E-state index in [2.05, 4.69) is 205 Å². The summed E-state index contributed by atoms with van der Waals surface area (Å²) in [6.45, 7) is 0. The van der Waals surface area contributed by atoms with Gasteiger partial charge in [-0.1, -0.05) is 103 Å². The maximum absolute atomic E-state index is 6.71. The zero-order valence-corrected chi connectivity index (χ0v) is 31.3. The van der Waals surface area contributed by atoms with Crippen molar-refractivity contribution in [3.8, 4) is 27.9 Å². The molecule has 8 aromatic carbocycles. The summed E-state index contributed by atoms with van der Waals surface area (Å²) >= 11 is 0. The lowest BCUT2D eigenvalue weighted by Crippen LogP contribution is -2.16. The zero-order chi connectivity index (χ0) is 37.5. The molecule has 0 saturated carbocycles. The van der Waals surface area contributed by atoms with Gasteiger partial charge in [0.15, 0.2) is 0 Å². The van der Waals surface area contributed by atoms with E-state index >= 15 is 0 Å². The summed E-state index contributed by atoms with van der Waals surface area (Å²) in [6.07, 6.45) is 8.85. The van der Waals surface area contributed by atoms with Gasteiger partial charge >= 0.3 is 0 Å². The van der Waals surface area contributed by atoms with Crippen molar-refractivity contribution in [2.45, 2.75) is 12.8 Å². The van der Waals surface area contributed by atoms with Gasteiger partial charge in [-0.05, 0) is 101 Å². The molecule has 3 heteroatoms. The SMILES string of the molecule is C1=CCCC(c2ccc3c(c2)c2cc(-c4ccccc4)ccc2n3-c2ccc3c(c2)oc2cccc(-c4ccc([N+]5(c6ccccc6)c6ccccc65)cc4)c23)=C1. The number of rotatable bonds is 6. The highest BCUT2D eigenvalue weighted by Crippen LogP contribution is 2.67. The summed E-state index contributed by atoms with van der Waals surface area (Å²) in [5, 5.41) is 4.76. The Hall–Kier alpha value is -7.20. The summed E-state index contributed by atoms with van der Waals surface area (Å²) in [7, 11) is 0. The Labute approximate surface area is 330 Å². The second-order valence-electron chi connectivity index (χ2n) is 15.3. The average Bonchev–Trinajstić information content (AvgIpc) is 3.65. The van der Waals surface area contributed by atoms with Crippen molar-refractivity contribution in [2.24, 2.45) is 0 Å². The van der Waals surface area contributed by atoms with Gasteiger partial charge in [0.2, 0.25) is 11.4 Å². The molecule has 10 aromatic rings. The number of para-hydroxylation sites is 3. The Morgan fingerprint density at radius 2 is 1.14 bits per heavy atom. The molecule has 0 radical (unpaired) electrons. The van der Waals surface area contributed by atoms with Crippen LogP contribution in [-0.4, -0.2) is 4.57 Å². The van der Waals surface area contributed by atoms with E-state index in [1.54, 1.807) is 0 Å². The molecule has 3 nitrogen and oxygen atoms in total. The normalized spacial score (nSPS) is 14.4. The second-order valence-corrected chi connectivity index (χ2v) is 15.3. The smallest absolute Gasteiger partial charge is 0.211 e. The van der Waals surface area contributed by atoms with E-state index in [0.717, 1.165) is 40.5 Å². The van der Waals surface area contributed by atoms with Crippen LogP contribution in [0.25, 0.3) is 77.3 Å². The molecule has 0 bridgehead atoms. The minimum Gasteiger partial charge on any atom is -0.456 e. The largest absolute Gasteiger partial charge is 0.456 e. The van der Waals surface area contributed by atoms with Gasteiger partial charge < -0.3 is 8.98 Å². The summed E-state index contributed by atoms with van der Waals surface area (Å²) in [4.78, 5) is 0. The Morgan fingerprint density at radius 1 is 0.474 bits per heavy atom. The van der Waals surface area contributed by atoms with Crippen LogP contribution in [0.2, 0.25) is 0 Å². The van der Waals surface area contributed by atoms with Gasteiger partial charge in [-0.15, -0.1) is 0 Å². The van der Waals surface area contributed by atoms with E-state index in [4.69, 9.17) is 4.42 Å². The third-order valence-corrected chi connectivity index (χ3v) is 12.3. The van der Waals surface area contributed by atoms with Crippen LogP contribution in [0.4, 0.5) is 22.7 Å². The number of hydrogen-bond acceptors (Lipinski definition) is 1. The Balaban J connectivity index is 0.981. The van der Waals surface area contributed by atoms with Crippen molar-refractivity contribution in [2.75, 3.05) is 0 Å². The lowest BCUT2D eigenvalue weighted by Gasteiger charge is -2.18. The average molecular weight is 730 g/mol. The molecule has 268 valence electrons. The van der Waals surface area contributed by atoms with E-state index in [9.17, 15) is 0 Å². The molecule has 0 amide bonds. The van der Waals surface area contributed by atoms with Crippen LogP contribution < -0.4 is 4.48 Å². The highest BCUT2D eigenvalue weighted by molar-refractivity contribution is 6.14. The van der Waals surface area contributed by atoms with E-state index in [1.165, 1.54) is 77.9 Å². The van der Waals surface area contributed by atoms with Crippen molar-refractivity contribution in [1.82, 2.24) is 9.05 Å². The third-order valence-electron chi connectivity index (χ3n) is 12.3. The van der Waals surface area contributed by atoms with Crippen LogP contribution in [0.15, 0.2) is 205 Å². The quantitative estimate of drug-likeness (QED) is 0.123. The van der Waals surface area contributed by atoms with Gasteiger partial charge in [-0.3, -0.25) is 0 Å². The minimum absolute atomic E-state index is 0.669. The van der Waals surface area contributed by atoms with Crippen LogP contribution in [0.5, 0.6) is 0 Å². The van der Waals surface area contributed by atoms with Crippen molar-refractivity contribution < 1.29 is 4.42 Å². The van der Waals surface area contributed by atoms with Gasteiger partial charge in [-0.2, -0.15) is 4.48 Å². The van der Waals surface area contributed by atoms with E-state index < -0.39 is 0 Å². The predicted octanol–water partition coefficient (Wildman–Crippen LogP) is 15.4. The van der Waals surface area contributed by atoms with Gasteiger partial charge in [0, 0.05) is 69.7 Å². The molecule has 1 aliphatic heterocycles. The second kappa shape index (κ2) is 12.4. The number of benzene rings is 8. The van der Waals surface area contributed by atoms with Crippen molar-refractivity contribution in [3.63, 3.8) is 0 Å². The summed E-state index contributed by atoms with van der Waals surface area (Å²) in [5.74, 6) is 0. The van der Waals surface area contributed by atoms with Crippen molar-refractivity contribution >= 4 is 72.1 Å². The first-order chi connectivity index (χ1) is 28.3. The summed E-state index contributed by atoms with van der Waals surface area (Å²) in [5.41, 5.74) is 17.8. The molecule has 57 heavy (non-hydrogen) atoms. The van der Waals surface area contributed by atoms with Gasteiger partial charge in [0.1, 0.15) is 22.5 Å². The van der Waals surface area contributed by atoms with Crippen LogP contribution >= 0.6 is 0 Å². The van der Waals surface area contributed by atoms with E-state index in [0.29, 0.717) is 4.48 Å².